The van der Waals surface area contributed by atoms with Gasteiger partial charge in [-0.3, -0.25) is 0 Å². The first kappa shape index (κ1) is 20.0. The van der Waals surface area contributed by atoms with E-state index in [1.165, 1.54) is 75.8 Å². The summed E-state index contributed by atoms with van der Waals surface area (Å²) >= 11 is 0. The van der Waals surface area contributed by atoms with E-state index >= 15 is 0 Å². The Kier molecular flexibility index (Phi) is 4.12. The second-order valence-corrected chi connectivity index (χ2v) is 10.3. The quantitative estimate of drug-likeness (QED) is 0.261. The van der Waals surface area contributed by atoms with Crippen LogP contribution in [0.15, 0.2) is 109 Å². The van der Waals surface area contributed by atoms with Gasteiger partial charge in [-0.05, 0) is 88.6 Å². The summed E-state index contributed by atoms with van der Waals surface area (Å²) in [6.45, 7) is 0. The molecule has 170 valence electrons. The highest BCUT2D eigenvalue weighted by Gasteiger charge is 2.14. The molecule has 36 heavy (non-hydrogen) atoms. The van der Waals surface area contributed by atoms with Gasteiger partial charge < -0.3 is 5.11 Å². The highest BCUT2D eigenvalue weighted by Crippen LogP contribution is 2.37. The Bertz CT molecular complexity index is 1790. The van der Waals surface area contributed by atoms with Gasteiger partial charge in [0.05, 0.1) is 6.10 Å². The van der Waals surface area contributed by atoms with E-state index in [0.29, 0.717) is 12.8 Å². The van der Waals surface area contributed by atoms with E-state index in [1.807, 2.05) is 0 Å². The summed E-state index contributed by atoms with van der Waals surface area (Å²) in [5.74, 6) is 0. The Morgan fingerprint density at radius 2 is 0.667 bits per heavy atom. The van der Waals surface area contributed by atoms with Crippen LogP contribution >= 0.6 is 0 Å². The maximum Gasteiger partial charge on any atom is 0.0620 e. The van der Waals surface area contributed by atoms with Gasteiger partial charge in [0, 0.05) is 0 Å². The van der Waals surface area contributed by atoms with E-state index in [2.05, 4.69) is 109 Å². The van der Waals surface area contributed by atoms with Crippen LogP contribution in [0.3, 0.4) is 0 Å². The Labute approximate surface area is 208 Å². The van der Waals surface area contributed by atoms with Crippen molar-refractivity contribution in [3.63, 3.8) is 0 Å². The van der Waals surface area contributed by atoms with Crippen molar-refractivity contribution in [2.45, 2.75) is 18.9 Å². The number of hydrogen-bond donors (Lipinski definition) is 1. The van der Waals surface area contributed by atoms with E-state index in [0.717, 1.165) is 0 Å². The zero-order valence-corrected chi connectivity index (χ0v) is 19.8. The molecule has 0 fully saturated rings. The highest BCUT2D eigenvalue weighted by atomic mass is 16.3. The van der Waals surface area contributed by atoms with Crippen molar-refractivity contribution in [2.75, 3.05) is 0 Å². The topological polar surface area (TPSA) is 20.2 Å². The van der Waals surface area contributed by atoms with E-state index in [9.17, 15) is 5.11 Å². The third-order valence-corrected chi connectivity index (χ3v) is 7.99. The number of aliphatic hydroxyl groups excluding tert-OH is 1. The van der Waals surface area contributed by atoms with Crippen LogP contribution in [-0.4, -0.2) is 11.2 Å². The minimum Gasteiger partial charge on any atom is -0.392 e. The number of hydrogen-bond acceptors (Lipinski definition) is 1. The number of rotatable bonds is 4. The van der Waals surface area contributed by atoms with Crippen molar-refractivity contribution in [1.82, 2.24) is 0 Å². The van der Waals surface area contributed by atoms with Crippen LogP contribution in [0.5, 0.6) is 0 Å². The van der Waals surface area contributed by atoms with Crippen LogP contribution in [0.25, 0.3) is 64.6 Å². The van der Waals surface area contributed by atoms with Gasteiger partial charge in [-0.2, -0.15) is 0 Å². The van der Waals surface area contributed by atoms with Crippen molar-refractivity contribution in [3.05, 3.63) is 120 Å². The molecular weight excluding hydrogens is 436 g/mol. The third kappa shape index (κ3) is 2.93. The molecule has 0 amide bonds. The maximum absolute atomic E-state index is 11.2. The first-order valence-corrected chi connectivity index (χ1v) is 12.7. The normalized spacial score (nSPS) is 12.5. The molecule has 1 N–H and O–H groups in total. The predicted molar refractivity (Wildman–Crippen MR) is 154 cm³/mol. The van der Waals surface area contributed by atoms with Crippen molar-refractivity contribution in [1.29, 1.82) is 0 Å². The minimum atomic E-state index is -0.438. The standard InChI is InChI=1S/C35H24O/c36-31(19-21-15-27-11-7-23-3-1-4-24-8-12-28(16-21)34(27)32(23)24)20-22-17-29-13-9-25-5-2-6-26-10-14-30(18-22)35(29)33(25)26/h1-18,31,36H,19-20H2. The van der Waals surface area contributed by atoms with E-state index < -0.39 is 6.10 Å². The molecule has 0 aromatic heterocycles. The summed E-state index contributed by atoms with van der Waals surface area (Å²) in [6.07, 6.45) is 0.842. The average Bonchev–Trinajstić information content (AvgIpc) is 2.90. The molecule has 8 rings (SSSR count). The molecule has 8 aromatic carbocycles. The summed E-state index contributed by atoms with van der Waals surface area (Å²) < 4.78 is 0. The van der Waals surface area contributed by atoms with Gasteiger partial charge in [-0.25, -0.2) is 0 Å². The molecule has 0 aliphatic carbocycles. The van der Waals surface area contributed by atoms with Gasteiger partial charge in [0.25, 0.3) is 0 Å². The smallest absolute Gasteiger partial charge is 0.0620 e. The molecule has 0 bridgehead atoms. The van der Waals surface area contributed by atoms with E-state index in [-0.39, 0.29) is 0 Å². The van der Waals surface area contributed by atoms with Crippen LogP contribution < -0.4 is 0 Å². The Morgan fingerprint density at radius 1 is 0.389 bits per heavy atom. The molecule has 0 saturated carbocycles. The highest BCUT2D eigenvalue weighted by molar-refractivity contribution is 6.24. The summed E-state index contributed by atoms with van der Waals surface area (Å²) in [6, 6.07) is 39.8. The molecule has 1 heteroatoms. The molecule has 0 heterocycles. The lowest BCUT2D eigenvalue weighted by molar-refractivity contribution is 0.175. The summed E-state index contributed by atoms with van der Waals surface area (Å²) in [5.41, 5.74) is 2.37. The fraction of sp³-hybridized carbons (Fsp3) is 0.0857. The second-order valence-electron chi connectivity index (χ2n) is 10.3. The summed E-state index contributed by atoms with van der Waals surface area (Å²) in [4.78, 5) is 0. The summed E-state index contributed by atoms with van der Waals surface area (Å²) in [5, 5.41) is 26.6. The fourth-order valence-electron chi connectivity index (χ4n) is 6.49. The summed E-state index contributed by atoms with van der Waals surface area (Å²) in [7, 11) is 0. The number of benzene rings is 8. The van der Waals surface area contributed by atoms with Gasteiger partial charge in [-0.1, -0.05) is 109 Å². The second kappa shape index (κ2) is 7.40. The first-order valence-electron chi connectivity index (χ1n) is 12.7. The molecule has 0 aliphatic heterocycles. The van der Waals surface area contributed by atoms with Crippen LogP contribution in [-0.2, 0) is 12.8 Å². The lowest BCUT2D eigenvalue weighted by Gasteiger charge is -2.16. The Morgan fingerprint density at radius 3 is 1.00 bits per heavy atom. The Balaban J connectivity index is 1.15. The van der Waals surface area contributed by atoms with E-state index in [4.69, 9.17) is 0 Å². The first-order chi connectivity index (χ1) is 17.7. The van der Waals surface area contributed by atoms with E-state index in [1.54, 1.807) is 0 Å². The molecule has 1 nitrogen and oxygen atoms in total. The number of aliphatic hydroxyl groups is 1. The molecule has 0 spiro atoms. The maximum atomic E-state index is 11.2. The zero-order valence-electron chi connectivity index (χ0n) is 19.8. The van der Waals surface area contributed by atoms with Gasteiger partial charge >= 0.3 is 0 Å². The lowest BCUT2D eigenvalue weighted by Crippen LogP contribution is -2.14. The van der Waals surface area contributed by atoms with Gasteiger partial charge in [0.2, 0.25) is 0 Å². The van der Waals surface area contributed by atoms with Gasteiger partial charge in [0.15, 0.2) is 0 Å². The third-order valence-electron chi connectivity index (χ3n) is 7.99. The van der Waals surface area contributed by atoms with Crippen molar-refractivity contribution < 1.29 is 5.11 Å². The van der Waals surface area contributed by atoms with Crippen LogP contribution in [0.2, 0.25) is 0 Å². The largest absolute Gasteiger partial charge is 0.392 e. The molecule has 0 atom stereocenters. The van der Waals surface area contributed by atoms with Crippen LogP contribution in [0.1, 0.15) is 11.1 Å². The van der Waals surface area contributed by atoms with Crippen LogP contribution in [0.4, 0.5) is 0 Å². The Hall–Kier alpha value is -4.20. The zero-order chi connectivity index (χ0) is 23.8. The molecule has 0 aliphatic rings. The van der Waals surface area contributed by atoms with Crippen molar-refractivity contribution in [2.24, 2.45) is 0 Å². The predicted octanol–water partition coefficient (Wildman–Crippen LogP) is 8.63. The monoisotopic (exact) mass is 460 g/mol. The van der Waals surface area contributed by atoms with Crippen molar-refractivity contribution >= 4 is 64.6 Å². The average molecular weight is 461 g/mol. The van der Waals surface area contributed by atoms with Crippen molar-refractivity contribution in [3.8, 4) is 0 Å². The molecule has 8 aromatic rings. The molecule has 0 unspecified atom stereocenters. The fourth-order valence-corrected chi connectivity index (χ4v) is 6.49. The van der Waals surface area contributed by atoms with Crippen LogP contribution in [0, 0.1) is 0 Å². The molecular formula is C35H24O. The van der Waals surface area contributed by atoms with Gasteiger partial charge in [0.1, 0.15) is 0 Å². The minimum absolute atomic E-state index is 0.438. The molecule has 0 saturated heterocycles. The SMILES string of the molecule is OC(Cc1cc2ccc3cccc4ccc(c1)c2c34)Cc1cc2ccc3cccc4ccc(c1)c2c34. The lowest BCUT2D eigenvalue weighted by atomic mass is 9.90. The molecule has 0 radical (unpaired) electrons. The van der Waals surface area contributed by atoms with Gasteiger partial charge in [-0.15, -0.1) is 0 Å².